The van der Waals surface area contributed by atoms with Crippen LogP contribution in [0.15, 0.2) is 29.2 Å². The zero-order chi connectivity index (χ0) is 8.10. The van der Waals surface area contributed by atoms with E-state index in [-0.39, 0.29) is 0 Å². The van der Waals surface area contributed by atoms with E-state index < -0.39 is 0 Å². The molecule has 1 aromatic rings. The van der Waals surface area contributed by atoms with Crippen molar-refractivity contribution in [2.45, 2.75) is 18.7 Å². The third kappa shape index (κ3) is 3.47. The summed E-state index contributed by atoms with van der Waals surface area (Å²) in [6.07, 6.45) is 0. The fourth-order valence-corrected chi connectivity index (χ4v) is 1.56. The normalized spacial score (nSPS) is 10.5. The standard InChI is InChI=1S/C10H13S/c1-9(2)8-11-10-6-4-3-5-7-10/h3-6,9H,8H2,1-2H3. The van der Waals surface area contributed by atoms with E-state index >= 15 is 0 Å². The molecule has 1 rings (SSSR count). The monoisotopic (exact) mass is 165 g/mol. The van der Waals surface area contributed by atoms with Gasteiger partial charge >= 0.3 is 0 Å². The molecule has 0 fully saturated rings. The minimum atomic E-state index is 0.758. The van der Waals surface area contributed by atoms with Crippen LogP contribution in [0.4, 0.5) is 0 Å². The lowest BCUT2D eigenvalue weighted by molar-refractivity contribution is 0.750. The summed E-state index contributed by atoms with van der Waals surface area (Å²) in [6.45, 7) is 4.46. The van der Waals surface area contributed by atoms with Crippen LogP contribution >= 0.6 is 11.8 Å². The first-order valence-electron chi connectivity index (χ1n) is 3.88. The highest BCUT2D eigenvalue weighted by atomic mass is 32.2. The molecule has 0 atom stereocenters. The van der Waals surface area contributed by atoms with Gasteiger partial charge in [0.05, 0.1) is 0 Å². The molecular formula is C10H13S. The maximum Gasteiger partial charge on any atom is 0.0151 e. The minimum absolute atomic E-state index is 0.758. The molecule has 11 heavy (non-hydrogen) atoms. The minimum Gasteiger partial charge on any atom is -0.125 e. The molecule has 0 unspecified atom stereocenters. The van der Waals surface area contributed by atoms with Gasteiger partial charge in [-0.1, -0.05) is 32.0 Å². The Bertz CT molecular complexity index is 191. The molecule has 0 nitrogen and oxygen atoms in total. The van der Waals surface area contributed by atoms with Crippen LogP contribution in [0.2, 0.25) is 0 Å². The first kappa shape index (κ1) is 8.66. The first-order valence-corrected chi connectivity index (χ1v) is 4.87. The quantitative estimate of drug-likeness (QED) is 0.620. The lowest BCUT2D eigenvalue weighted by atomic mass is 10.3. The average Bonchev–Trinajstić information content (AvgIpc) is 2.03. The summed E-state index contributed by atoms with van der Waals surface area (Å²) in [7, 11) is 0. The molecule has 0 aliphatic rings. The van der Waals surface area contributed by atoms with Gasteiger partial charge in [0, 0.05) is 10.6 Å². The van der Waals surface area contributed by atoms with Crippen molar-refractivity contribution in [1.29, 1.82) is 0 Å². The van der Waals surface area contributed by atoms with Crippen LogP contribution in [0.1, 0.15) is 13.8 Å². The van der Waals surface area contributed by atoms with Gasteiger partial charge in [-0.3, -0.25) is 0 Å². The highest BCUT2D eigenvalue weighted by Gasteiger charge is 1.95. The number of rotatable bonds is 3. The van der Waals surface area contributed by atoms with Crippen molar-refractivity contribution in [3.8, 4) is 0 Å². The SMILES string of the molecule is CC(C)CSc1[c]cccc1. The van der Waals surface area contributed by atoms with Gasteiger partial charge in [-0.15, -0.1) is 11.8 Å². The van der Waals surface area contributed by atoms with Gasteiger partial charge < -0.3 is 0 Å². The first-order chi connectivity index (χ1) is 5.29. The molecule has 1 aromatic carbocycles. The number of thioether (sulfide) groups is 1. The maximum absolute atomic E-state index is 3.19. The second-order valence-electron chi connectivity index (χ2n) is 2.93. The van der Waals surface area contributed by atoms with E-state index in [9.17, 15) is 0 Å². The fourth-order valence-electron chi connectivity index (χ4n) is 0.723. The Morgan fingerprint density at radius 3 is 2.82 bits per heavy atom. The fraction of sp³-hybridized carbons (Fsp3) is 0.400. The van der Waals surface area contributed by atoms with E-state index in [4.69, 9.17) is 0 Å². The Morgan fingerprint density at radius 1 is 1.45 bits per heavy atom. The second-order valence-corrected chi connectivity index (χ2v) is 3.99. The number of benzene rings is 1. The summed E-state index contributed by atoms with van der Waals surface area (Å²) in [5.74, 6) is 1.94. The van der Waals surface area contributed by atoms with Crippen LogP contribution in [0.25, 0.3) is 0 Å². The highest BCUT2D eigenvalue weighted by Crippen LogP contribution is 2.18. The van der Waals surface area contributed by atoms with Crippen molar-refractivity contribution < 1.29 is 0 Å². The largest absolute Gasteiger partial charge is 0.125 e. The molecule has 0 heterocycles. The third-order valence-corrected chi connectivity index (χ3v) is 2.65. The third-order valence-electron chi connectivity index (χ3n) is 1.25. The van der Waals surface area contributed by atoms with Crippen LogP contribution < -0.4 is 0 Å². The van der Waals surface area contributed by atoms with Gasteiger partial charge in [0.15, 0.2) is 0 Å². The summed E-state index contributed by atoms with van der Waals surface area (Å²) in [4.78, 5) is 1.25. The van der Waals surface area contributed by atoms with E-state index in [1.54, 1.807) is 0 Å². The molecule has 0 bridgehead atoms. The molecular weight excluding hydrogens is 152 g/mol. The van der Waals surface area contributed by atoms with E-state index in [1.807, 2.05) is 23.9 Å². The van der Waals surface area contributed by atoms with Gasteiger partial charge in [-0.25, -0.2) is 0 Å². The van der Waals surface area contributed by atoms with Gasteiger partial charge in [0.2, 0.25) is 0 Å². The predicted octanol–water partition coefficient (Wildman–Crippen LogP) is 3.23. The van der Waals surface area contributed by atoms with Crippen molar-refractivity contribution in [3.63, 3.8) is 0 Å². The van der Waals surface area contributed by atoms with Crippen molar-refractivity contribution in [2.75, 3.05) is 5.75 Å². The van der Waals surface area contributed by atoms with E-state index in [0.29, 0.717) is 0 Å². The molecule has 0 aliphatic heterocycles. The van der Waals surface area contributed by atoms with E-state index in [2.05, 4.69) is 32.0 Å². The molecule has 1 radical (unpaired) electrons. The molecule has 0 saturated carbocycles. The molecule has 0 N–H and O–H groups in total. The zero-order valence-electron chi connectivity index (χ0n) is 7.00. The van der Waals surface area contributed by atoms with Crippen molar-refractivity contribution >= 4 is 11.8 Å². The van der Waals surface area contributed by atoms with Crippen LogP contribution in [-0.4, -0.2) is 5.75 Å². The highest BCUT2D eigenvalue weighted by molar-refractivity contribution is 7.99. The Balaban J connectivity index is 2.39. The van der Waals surface area contributed by atoms with Crippen molar-refractivity contribution in [1.82, 2.24) is 0 Å². The predicted molar refractivity (Wildman–Crippen MR) is 50.8 cm³/mol. The van der Waals surface area contributed by atoms with Crippen molar-refractivity contribution in [2.24, 2.45) is 5.92 Å². The molecule has 0 saturated heterocycles. The Hall–Kier alpha value is -0.430. The Labute approximate surface area is 73.0 Å². The molecule has 0 aromatic heterocycles. The zero-order valence-corrected chi connectivity index (χ0v) is 7.82. The summed E-state index contributed by atoms with van der Waals surface area (Å²) in [5, 5.41) is 0. The van der Waals surface area contributed by atoms with Crippen LogP contribution in [0, 0.1) is 12.0 Å². The lowest BCUT2D eigenvalue weighted by Crippen LogP contribution is -1.89. The maximum atomic E-state index is 3.19. The topological polar surface area (TPSA) is 0 Å². The summed E-state index contributed by atoms with van der Waals surface area (Å²) in [6, 6.07) is 11.3. The van der Waals surface area contributed by atoms with Gasteiger partial charge in [-0.2, -0.15) is 0 Å². The Kier molecular flexibility index (Phi) is 3.50. The smallest absolute Gasteiger partial charge is 0.0151 e. The van der Waals surface area contributed by atoms with Gasteiger partial charge in [0.25, 0.3) is 0 Å². The summed E-state index contributed by atoms with van der Waals surface area (Å²) in [5.41, 5.74) is 0. The average molecular weight is 165 g/mol. The molecule has 0 spiro atoms. The van der Waals surface area contributed by atoms with Crippen molar-refractivity contribution in [3.05, 3.63) is 30.3 Å². The molecule has 0 aliphatic carbocycles. The van der Waals surface area contributed by atoms with Crippen LogP contribution in [0.5, 0.6) is 0 Å². The van der Waals surface area contributed by atoms with Gasteiger partial charge in [-0.05, 0) is 18.1 Å². The summed E-state index contributed by atoms with van der Waals surface area (Å²) < 4.78 is 0. The van der Waals surface area contributed by atoms with Crippen LogP contribution in [-0.2, 0) is 0 Å². The van der Waals surface area contributed by atoms with E-state index in [0.717, 1.165) is 5.92 Å². The Morgan fingerprint density at radius 2 is 2.27 bits per heavy atom. The molecule has 59 valence electrons. The number of hydrogen-bond acceptors (Lipinski definition) is 1. The summed E-state index contributed by atoms with van der Waals surface area (Å²) >= 11 is 1.87. The molecule has 0 amide bonds. The second kappa shape index (κ2) is 4.45. The molecule has 1 heteroatoms. The van der Waals surface area contributed by atoms with E-state index in [1.165, 1.54) is 10.6 Å². The van der Waals surface area contributed by atoms with Gasteiger partial charge in [0.1, 0.15) is 0 Å². The number of hydrogen-bond donors (Lipinski definition) is 0. The van der Waals surface area contributed by atoms with Crippen LogP contribution in [0.3, 0.4) is 0 Å². The lowest BCUT2D eigenvalue weighted by Gasteiger charge is -2.02.